The van der Waals surface area contributed by atoms with Crippen LogP contribution in [-0.2, 0) is 6.61 Å². The Morgan fingerprint density at radius 3 is 2.82 bits per heavy atom. The van der Waals surface area contributed by atoms with E-state index in [1.54, 1.807) is 24.3 Å². The standard InChI is InChI=1S/C13H11BrO2S/c1-9(15)12-5-4-10(7-13(12)14)16-8-11-3-2-6-17-11/h2-7H,8H2,1H3. The molecule has 0 aliphatic heterocycles. The van der Waals surface area contributed by atoms with Crippen molar-refractivity contribution in [1.29, 1.82) is 0 Å². The Morgan fingerprint density at radius 2 is 2.24 bits per heavy atom. The van der Waals surface area contributed by atoms with Crippen LogP contribution in [0.2, 0.25) is 0 Å². The minimum Gasteiger partial charge on any atom is -0.488 e. The van der Waals surface area contributed by atoms with Gasteiger partial charge in [-0.25, -0.2) is 0 Å². The highest BCUT2D eigenvalue weighted by Gasteiger charge is 2.06. The molecule has 0 N–H and O–H groups in total. The molecule has 0 spiro atoms. The number of carbonyl (C=O) groups excluding carboxylic acids is 1. The molecular weight excluding hydrogens is 300 g/mol. The van der Waals surface area contributed by atoms with E-state index >= 15 is 0 Å². The number of rotatable bonds is 4. The quantitative estimate of drug-likeness (QED) is 0.787. The Morgan fingerprint density at radius 1 is 1.41 bits per heavy atom. The van der Waals surface area contributed by atoms with E-state index in [0.29, 0.717) is 12.2 Å². The van der Waals surface area contributed by atoms with Gasteiger partial charge >= 0.3 is 0 Å². The molecule has 2 rings (SSSR count). The largest absolute Gasteiger partial charge is 0.488 e. The molecule has 0 saturated carbocycles. The van der Waals surface area contributed by atoms with E-state index in [9.17, 15) is 4.79 Å². The van der Waals surface area contributed by atoms with Crippen molar-refractivity contribution < 1.29 is 9.53 Å². The summed E-state index contributed by atoms with van der Waals surface area (Å²) in [6, 6.07) is 9.44. The van der Waals surface area contributed by atoms with Crippen molar-refractivity contribution in [3.8, 4) is 5.75 Å². The van der Waals surface area contributed by atoms with Gasteiger partial charge in [-0.3, -0.25) is 4.79 Å². The predicted octanol–water partition coefficient (Wildman–Crippen LogP) is 4.29. The first-order valence-corrected chi connectivity index (χ1v) is 6.80. The Hall–Kier alpha value is -1.13. The van der Waals surface area contributed by atoms with Gasteiger partial charge in [0.25, 0.3) is 0 Å². The van der Waals surface area contributed by atoms with Crippen molar-refractivity contribution in [2.45, 2.75) is 13.5 Å². The van der Waals surface area contributed by atoms with Gasteiger partial charge in [-0.15, -0.1) is 11.3 Å². The molecule has 1 aromatic carbocycles. The first kappa shape index (κ1) is 12.3. The molecule has 0 amide bonds. The Balaban J connectivity index is 2.07. The van der Waals surface area contributed by atoms with Gasteiger partial charge in [-0.05, 0) is 52.5 Å². The summed E-state index contributed by atoms with van der Waals surface area (Å²) >= 11 is 5.03. The zero-order valence-electron chi connectivity index (χ0n) is 9.27. The number of benzene rings is 1. The normalized spacial score (nSPS) is 10.2. The van der Waals surface area contributed by atoms with Crippen LogP contribution in [0.25, 0.3) is 0 Å². The molecule has 0 radical (unpaired) electrons. The summed E-state index contributed by atoms with van der Waals surface area (Å²) in [5.74, 6) is 0.803. The monoisotopic (exact) mass is 310 g/mol. The first-order chi connectivity index (χ1) is 8.16. The van der Waals surface area contributed by atoms with Gasteiger partial charge in [0.2, 0.25) is 0 Å². The molecule has 0 bridgehead atoms. The highest BCUT2D eigenvalue weighted by atomic mass is 79.9. The molecule has 2 aromatic rings. The molecule has 0 saturated heterocycles. The Kier molecular flexibility index (Phi) is 3.97. The van der Waals surface area contributed by atoms with Crippen molar-refractivity contribution in [3.63, 3.8) is 0 Å². The smallest absolute Gasteiger partial charge is 0.160 e. The number of halogens is 1. The average molecular weight is 311 g/mol. The molecule has 0 atom stereocenters. The number of carbonyl (C=O) groups is 1. The van der Waals surface area contributed by atoms with E-state index < -0.39 is 0 Å². The minimum absolute atomic E-state index is 0.0432. The van der Waals surface area contributed by atoms with Crippen LogP contribution in [0.1, 0.15) is 22.2 Å². The lowest BCUT2D eigenvalue weighted by atomic mass is 10.1. The maximum absolute atomic E-state index is 11.3. The van der Waals surface area contributed by atoms with Gasteiger partial charge in [-0.1, -0.05) is 6.07 Å². The zero-order valence-corrected chi connectivity index (χ0v) is 11.7. The topological polar surface area (TPSA) is 26.3 Å². The maximum atomic E-state index is 11.3. The van der Waals surface area contributed by atoms with Crippen molar-refractivity contribution in [3.05, 3.63) is 50.6 Å². The zero-order chi connectivity index (χ0) is 12.3. The van der Waals surface area contributed by atoms with Crippen molar-refractivity contribution >= 4 is 33.0 Å². The van der Waals surface area contributed by atoms with Crippen molar-refractivity contribution in [1.82, 2.24) is 0 Å². The highest BCUT2D eigenvalue weighted by molar-refractivity contribution is 9.10. The highest BCUT2D eigenvalue weighted by Crippen LogP contribution is 2.24. The summed E-state index contributed by atoms with van der Waals surface area (Å²) in [6.07, 6.45) is 0. The van der Waals surface area contributed by atoms with Crippen LogP contribution in [0, 0.1) is 0 Å². The summed E-state index contributed by atoms with van der Waals surface area (Å²) in [5.41, 5.74) is 0.675. The van der Waals surface area contributed by atoms with E-state index in [1.165, 1.54) is 4.88 Å². The number of Topliss-reactive ketones (excluding diaryl/α,β-unsaturated/α-hetero) is 1. The maximum Gasteiger partial charge on any atom is 0.160 e. The van der Waals surface area contributed by atoms with E-state index in [4.69, 9.17) is 4.74 Å². The molecule has 1 heterocycles. The Bertz CT molecular complexity index is 520. The van der Waals surface area contributed by atoms with Crippen LogP contribution >= 0.6 is 27.3 Å². The fourth-order valence-electron chi connectivity index (χ4n) is 1.42. The summed E-state index contributed by atoms with van der Waals surface area (Å²) in [7, 11) is 0. The molecule has 0 unspecified atom stereocenters. The fraction of sp³-hybridized carbons (Fsp3) is 0.154. The summed E-state index contributed by atoms with van der Waals surface area (Å²) in [6.45, 7) is 2.11. The predicted molar refractivity (Wildman–Crippen MR) is 72.8 cm³/mol. The third kappa shape index (κ3) is 3.17. The van der Waals surface area contributed by atoms with Crippen LogP contribution in [0.15, 0.2) is 40.2 Å². The number of hydrogen-bond donors (Lipinski definition) is 0. The average Bonchev–Trinajstić information content (AvgIpc) is 2.78. The van der Waals surface area contributed by atoms with E-state index in [1.807, 2.05) is 29.6 Å². The van der Waals surface area contributed by atoms with Gasteiger partial charge in [0, 0.05) is 14.9 Å². The molecule has 0 aliphatic rings. The summed E-state index contributed by atoms with van der Waals surface area (Å²) in [5, 5.41) is 2.02. The van der Waals surface area contributed by atoms with Gasteiger partial charge in [0.05, 0.1) is 0 Å². The van der Waals surface area contributed by atoms with E-state index in [-0.39, 0.29) is 5.78 Å². The lowest BCUT2D eigenvalue weighted by Gasteiger charge is -2.07. The van der Waals surface area contributed by atoms with E-state index in [0.717, 1.165) is 10.2 Å². The molecule has 17 heavy (non-hydrogen) atoms. The second-order valence-corrected chi connectivity index (χ2v) is 5.45. The van der Waals surface area contributed by atoms with Gasteiger partial charge in [-0.2, -0.15) is 0 Å². The van der Waals surface area contributed by atoms with Crippen molar-refractivity contribution in [2.75, 3.05) is 0 Å². The number of ketones is 1. The van der Waals surface area contributed by atoms with Gasteiger partial charge in [0.1, 0.15) is 12.4 Å². The lowest BCUT2D eigenvalue weighted by molar-refractivity contribution is 0.101. The molecular formula is C13H11BrO2S. The SMILES string of the molecule is CC(=O)c1ccc(OCc2cccs2)cc1Br. The molecule has 88 valence electrons. The molecule has 0 fully saturated rings. The summed E-state index contributed by atoms with van der Waals surface area (Å²) < 4.78 is 6.41. The Labute approximate surface area is 112 Å². The van der Waals surface area contributed by atoms with Crippen LogP contribution in [0.4, 0.5) is 0 Å². The second-order valence-electron chi connectivity index (χ2n) is 3.57. The third-order valence-corrected chi connectivity index (χ3v) is 3.79. The first-order valence-electron chi connectivity index (χ1n) is 5.12. The van der Waals surface area contributed by atoms with Gasteiger partial charge in [0.15, 0.2) is 5.78 Å². The number of hydrogen-bond acceptors (Lipinski definition) is 3. The van der Waals surface area contributed by atoms with Crippen LogP contribution in [-0.4, -0.2) is 5.78 Å². The van der Waals surface area contributed by atoms with Crippen LogP contribution < -0.4 is 4.74 Å². The lowest BCUT2D eigenvalue weighted by Crippen LogP contribution is -1.96. The molecule has 4 heteroatoms. The van der Waals surface area contributed by atoms with Crippen LogP contribution in [0.5, 0.6) is 5.75 Å². The van der Waals surface area contributed by atoms with Crippen molar-refractivity contribution in [2.24, 2.45) is 0 Å². The van der Waals surface area contributed by atoms with Crippen LogP contribution in [0.3, 0.4) is 0 Å². The van der Waals surface area contributed by atoms with Gasteiger partial charge < -0.3 is 4.74 Å². The molecule has 2 nitrogen and oxygen atoms in total. The molecule has 1 aromatic heterocycles. The number of ether oxygens (including phenoxy) is 1. The number of thiophene rings is 1. The fourth-order valence-corrected chi connectivity index (χ4v) is 2.67. The third-order valence-electron chi connectivity index (χ3n) is 2.28. The molecule has 0 aliphatic carbocycles. The summed E-state index contributed by atoms with van der Waals surface area (Å²) in [4.78, 5) is 12.4. The second kappa shape index (κ2) is 5.47. The minimum atomic E-state index is 0.0432. The van der Waals surface area contributed by atoms with E-state index in [2.05, 4.69) is 15.9 Å².